The Balaban J connectivity index is 2.48. The van der Waals surface area contributed by atoms with E-state index in [0.717, 1.165) is 11.1 Å². The van der Waals surface area contributed by atoms with Crippen molar-refractivity contribution in [2.75, 3.05) is 0 Å². The van der Waals surface area contributed by atoms with Crippen LogP contribution in [-0.4, -0.2) is 94.1 Å². The van der Waals surface area contributed by atoms with Crippen LogP contribution in [0.3, 0.4) is 0 Å². The second-order valence-corrected chi connectivity index (χ2v) is 9.13. The number of nitrogens with zero attached hydrogens (tertiary/aromatic N) is 2. The maximum Gasteiger partial charge on any atom is 0.132 e. The number of hydrogen-bond acceptors (Lipinski definition) is 3. The number of pyridine rings is 1. The van der Waals surface area contributed by atoms with E-state index in [1.165, 1.54) is 5.56 Å². The molecular formula is C10H21B8BrN2O. The number of aromatic nitrogens is 1. The molecule has 0 unspecified atom stereocenters. The lowest BCUT2D eigenvalue weighted by Crippen LogP contribution is -2.85. The van der Waals surface area contributed by atoms with Crippen molar-refractivity contribution in [3.8, 4) is 0 Å². The zero-order chi connectivity index (χ0) is 17.0. The fourth-order valence-corrected chi connectivity index (χ4v) is 3.77. The van der Waals surface area contributed by atoms with Crippen molar-refractivity contribution >= 4 is 78.7 Å². The summed E-state index contributed by atoms with van der Waals surface area (Å²) in [5, 5.41) is -0.671. The van der Waals surface area contributed by atoms with Crippen molar-refractivity contribution in [2.24, 2.45) is 0 Å². The molecule has 12 heteroatoms. The SMILES string of the molecule is BC1(B)OC(B)(B)C(B)(B)N(Cc2ccnc(Br)c2)C1(B)B. The summed E-state index contributed by atoms with van der Waals surface area (Å²) in [5.74, 6) is 0. The van der Waals surface area contributed by atoms with E-state index >= 15 is 0 Å². The van der Waals surface area contributed by atoms with Gasteiger partial charge in [-0.15, -0.1) is 0 Å². The van der Waals surface area contributed by atoms with Gasteiger partial charge in [-0.2, -0.15) is 0 Å². The molecule has 1 fully saturated rings. The van der Waals surface area contributed by atoms with Gasteiger partial charge in [0.25, 0.3) is 0 Å². The van der Waals surface area contributed by atoms with Crippen LogP contribution in [0, 0.1) is 0 Å². The molecule has 2 rings (SSSR count). The first-order valence-electron chi connectivity index (χ1n) is 7.90. The number of ether oxygens (including phenoxy) is 1. The van der Waals surface area contributed by atoms with Gasteiger partial charge < -0.3 is 9.64 Å². The minimum Gasteiger partial charge on any atom is -0.403 e. The molecule has 0 N–H and O–H groups in total. The number of hydrogen-bond donors (Lipinski definition) is 0. The normalized spacial score (nSPS) is 25.5. The summed E-state index contributed by atoms with van der Waals surface area (Å²) in [7, 11) is 17.9. The summed E-state index contributed by atoms with van der Waals surface area (Å²) in [6, 6.07) is 4.19. The van der Waals surface area contributed by atoms with Crippen molar-refractivity contribution < 1.29 is 4.74 Å². The van der Waals surface area contributed by atoms with Crippen molar-refractivity contribution in [3.05, 3.63) is 28.5 Å². The minimum atomic E-state index is -0.240. The molecule has 3 nitrogen and oxygen atoms in total. The lowest BCUT2D eigenvalue weighted by molar-refractivity contribution is -0.115. The van der Waals surface area contributed by atoms with Gasteiger partial charge in [0.2, 0.25) is 0 Å². The van der Waals surface area contributed by atoms with Crippen molar-refractivity contribution in [1.29, 1.82) is 0 Å². The summed E-state index contributed by atoms with van der Waals surface area (Å²) >= 11 is 3.47. The Morgan fingerprint density at radius 3 is 1.95 bits per heavy atom. The predicted molar refractivity (Wildman–Crippen MR) is 118 cm³/mol. The zero-order valence-corrected chi connectivity index (χ0v) is 16.7. The molecular weight excluding hydrogens is 331 g/mol. The molecule has 0 aliphatic carbocycles. The van der Waals surface area contributed by atoms with E-state index in [1.807, 2.05) is 6.20 Å². The van der Waals surface area contributed by atoms with Gasteiger partial charge in [0.1, 0.15) is 67.4 Å². The lowest BCUT2D eigenvalue weighted by Gasteiger charge is -2.68. The quantitative estimate of drug-likeness (QED) is 0.391. The van der Waals surface area contributed by atoms with Crippen LogP contribution in [0.1, 0.15) is 5.56 Å². The maximum absolute atomic E-state index is 6.52. The second-order valence-electron chi connectivity index (χ2n) is 8.31. The first-order valence-corrected chi connectivity index (χ1v) is 8.69. The molecule has 0 amide bonds. The van der Waals surface area contributed by atoms with Crippen LogP contribution in [0.25, 0.3) is 0 Å². The third-order valence-corrected chi connectivity index (χ3v) is 6.37. The summed E-state index contributed by atoms with van der Waals surface area (Å²) < 4.78 is 7.40. The summed E-state index contributed by atoms with van der Waals surface area (Å²) in [4.78, 5) is 6.81. The Morgan fingerprint density at radius 1 is 1.00 bits per heavy atom. The first kappa shape index (κ1) is 18.4. The molecule has 0 radical (unpaired) electrons. The third-order valence-electron chi connectivity index (χ3n) is 5.94. The number of halogens is 1. The molecule has 0 saturated carbocycles. The van der Waals surface area contributed by atoms with E-state index in [4.69, 9.17) is 4.74 Å². The largest absolute Gasteiger partial charge is 0.403 e. The van der Waals surface area contributed by atoms with Crippen LogP contribution in [0.4, 0.5) is 0 Å². The molecule has 2 heterocycles. The molecule has 1 aliphatic heterocycles. The molecule has 108 valence electrons. The zero-order valence-electron chi connectivity index (χ0n) is 15.1. The van der Waals surface area contributed by atoms with Crippen LogP contribution in [-0.2, 0) is 11.3 Å². The predicted octanol–water partition coefficient (Wildman–Crippen LogP) is -6.64. The Bertz CT molecular complexity index is 556. The Hall–Kier alpha value is 0.0695. The van der Waals surface area contributed by atoms with E-state index < -0.39 is 0 Å². The Kier molecular flexibility index (Phi) is 4.65. The highest BCUT2D eigenvalue weighted by molar-refractivity contribution is 9.10. The fourth-order valence-electron chi connectivity index (χ4n) is 3.36. The molecule has 1 aromatic heterocycles. The van der Waals surface area contributed by atoms with E-state index in [9.17, 15) is 0 Å². The van der Waals surface area contributed by atoms with Crippen molar-refractivity contribution in [1.82, 2.24) is 9.88 Å². The average Bonchev–Trinajstić information content (AvgIpc) is 2.32. The van der Waals surface area contributed by atoms with E-state index in [-0.39, 0.29) is 21.5 Å². The van der Waals surface area contributed by atoms with Gasteiger partial charge in [-0.05, 0) is 44.3 Å². The molecule has 22 heavy (non-hydrogen) atoms. The van der Waals surface area contributed by atoms with E-state index in [0.29, 0.717) is 0 Å². The molecule has 1 saturated heterocycles. The van der Waals surface area contributed by atoms with Gasteiger partial charge in [0.15, 0.2) is 0 Å². The van der Waals surface area contributed by atoms with Crippen LogP contribution in [0.5, 0.6) is 0 Å². The highest BCUT2D eigenvalue weighted by atomic mass is 79.9. The molecule has 1 aromatic rings. The highest BCUT2D eigenvalue weighted by Gasteiger charge is 2.58. The smallest absolute Gasteiger partial charge is 0.132 e. The van der Waals surface area contributed by atoms with E-state index in [1.54, 1.807) is 0 Å². The lowest BCUT2D eigenvalue weighted by atomic mass is 9.30. The van der Waals surface area contributed by atoms with Gasteiger partial charge in [-0.3, -0.25) is 0 Å². The Labute approximate surface area is 149 Å². The van der Waals surface area contributed by atoms with Crippen LogP contribution < -0.4 is 0 Å². The monoisotopic (exact) mass is 352 g/mol. The van der Waals surface area contributed by atoms with Gasteiger partial charge in [0.05, 0.1) is 0 Å². The van der Waals surface area contributed by atoms with Crippen LogP contribution >= 0.6 is 15.9 Å². The second kappa shape index (κ2) is 5.56. The minimum absolute atomic E-state index is 0.0955. The summed E-state index contributed by atoms with van der Waals surface area (Å²) in [6.45, 7) is 0.872. The van der Waals surface area contributed by atoms with Crippen molar-refractivity contribution in [2.45, 2.75) is 28.0 Å². The summed E-state index contributed by atoms with van der Waals surface area (Å²) in [6.07, 6.45) is 1.86. The van der Waals surface area contributed by atoms with Crippen molar-refractivity contribution in [3.63, 3.8) is 0 Å². The number of morpholine rings is 1. The standard InChI is InChI=1S/C10H21B8BrN2O/c11-7(12)9(15,16)22-10(17,18)8(13,14)21(7)4-5-1-2-20-6(19)3-5/h1-3H,4,11-18H2. The average molecular weight is 352 g/mol. The van der Waals surface area contributed by atoms with Gasteiger partial charge >= 0.3 is 0 Å². The number of rotatable bonds is 2. The molecule has 0 atom stereocenters. The van der Waals surface area contributed by atoms with E-state index in [2.05, 4.69) is 101 Å². The highest BCUT2D eigenvalue weighted by Crippen LogP contribution is 2.40. The van der Waals surface area contributed by atoms with Crippen LogP contribution in [0.2, 0.25) is 0 Å². The molecule has 0 spiro atoms. The maximum atomic E-state index is 6.52. The van der Waals surface area contributed by atoms with Gasteiger partial charge in [0, 0.05) is 23.5 Å². The summed E-state index contributed by atoms with van der Waals surface area (Å²) in [5.41, 5.74) is 1.26. The Morgan fingerprint density at radius 2 is 1.50 bits per heavy atom. The fraction of sp³-hybridized carbons (Fsp3) is 0.500. The van der Waals surface area contributed by atoms with Gasteiger partial charge in [-0.25, -0.2) is 4.98 Å². The molecule has 0 aromatic carbocycles. The first-order chi connectivity index (χ1) is 9.81. The molecule has 0 bridgehead atoms. The third kappa shape index (κ3) is 2.91. The molecule has 1 aliphatic rings. The van der Waals surface area contributed by atoms with Crippen LogP contribution in [0.15, 0.2) is 22.9 Å². The topological polar surface area (TPSA) is 25.4 Å². The van der Waals surface area contributed by atoms with Gasteiger partial charge in [-0.1, -0.05) is 0 Å².